The van der Waals surface area contributed by atoms with Gasteiger partial charge in [-0.05, 0) is 12.1 Å². The van der Waals surface area contributed by atoms with E-state index in [-0.39, 0.29) is 0 Å². The van der Waals surface area contributed by atoms with Gasteiger partial charge in [-0.25, -0.2) is 0 Å². The van der Waals surface area contributed by atoms with Crippen molar-refractivity contribution >= 4 is 60.7 Å². The molecule has 0 aliphatic carbocycles. The summed E-state index contributed by atoms with van der Waals surface area (Å²) in [4.78, 5) is 23.2. The Kier molecular flexibility index (Phi) is 8.95. The van der Waals surface area contributed by atoms with Gasteiger partial charge in [0.25, 0.3) is 0 Å². The lowest BCUT2D eigenvalue weighted by atomic mass is 11.0. The molecule has 0 aromatic carbocycles. The first-order valence-electron chi connectivity index (χ1n) is 10.4. The van der Waals surface area contributed by atoms with Crippen LogP contribution in [0.15, 0.2) is 0 Å². The molecule has 0 radical (unpaired) electrons. The van der Waals surface area contributed by atoms with Crippen LogP contribution in [0.5, 0.6) is 0 Å². The molecule has 0 heterocycles. The van der Waals surface area contributed by atoms with E-state index in [0.717, 1.165) is 12.1 Å². The van der Waals surface area contributed by atoms with Crippen LogP contribution in [0.25, 0.3) is 0 Å². The van der Waals surface area contributed by atoms with Gasteiger partial charge in [0.15, 0.2) is 17.1 Å². The number of hydrogen-bond donors (Lipinski definition) is 2. The molecule has 0 aliphatic heterocycles. The van der Waals surface area contributed by atoms with Crippen molar-refractivity contribution in [1.29, 1.82) is 0 Å². The standard InChI is InChI=1S/C16H50O2Si8/c1-21(2,3)25(13,22(4,5)6)19(17)15-16-20(18)26(14,23(7,8)9)24(10,11)12/h17-20H,15-16H2,1-14H3. The summed E-state index contributed by atoms with van der Waals surface area (Å²) in [6.07, 6.45) is 0. The fourth-order valence-corrected chi connectivity index (χ4v) is 131. The minimum absolute atomic E-state index is 1.03. The van der Waals surface area contributed by atoms with Crippen molar-refractivity contribution in [2.75, 3.05) is 0 Å². The van der Waals surface area contributed by atoms with Gasteiger partial charge in [-0.1, -0.05) is 91.7 Å². The lowest BCUT2D eigenvalue weighted by molar-refractivity contribution is 0.576. The first-order valence-corrected chi connectivity index (χ1v) is 39.7. The van der Waals surface area contributed by atoms with E-state index in [1.807, 2.05) is 0 Å². The maximum Gasteiger partial charge on any atom is 0.155 e. The lowest BCUT2D eigenvalue weighted by Crippen LogP contribution is -2.79. The minimum Gasteiger partial charge on any atom is -0.438 e. The summed E-state index contributed by atoms with van der Waals surface area (Å²) < 4.78 is 0. The summed E-state index contributed by atoms with van der Waals surface area (Å²) in [5.41, 5.74) is 0. The zero-order chi connectivity index (χ0) is 21.6. The Balaban J connectivity index is 5.64. The molecule has 0 aromatic heterocycles. The molecule has 10 heteroatoms. The van der Waals surface area contributed by atoms with Crippen molar-refractivity contribution in [2.45, 2.75) is 104 Å². The van der Waals surface area contributed by atoms with E-state index in [0.29, 0.717) is 0 Å². The molecule has 0 rings (SSSR count). The highest BCUT2D eigenvalue weighted by Crippen LogP contribution is 2.35. The van der Waals surface area contributed by atoms with E-state index < -0.39 is 60.7 Å². The quantitative estimate of drug-likeness (QED) is 0.462. The molecule has 0 spiro atoms. The van der Waals surface area contributed by atoms with Crippen LogP contribution in [0.2, 0.25) is 104 Å². The van der Waals surface area contributed by atoms with Crippen LogP contribution >= 0.6 is 0 Å². The van der Waals surface area contributed by atoms with Gasteiger partial charge in [0.2, 0.25) is 0 Å². The number of hydrogen-bond acceptors (Lipinski definition) is 2. The normalized spacial score (nSPS) is 18.0. The molecule has 0 aliphatic rings. The fraction of sp³-hybridized carbons (Fsp3) is 1.00. The average Bonchev–Trinajstić information content (AvgIpc) is 2.37. The number of rotatable bonds is 9. The van der Waals surface area contributed by atoms with Gasteiger partial charge in [0.05, 0.1) is 13.3 Å². The lowest BCUT2D eigenvalue weighted by Gasteiger charge is -2.52. The van der Waals surface area contributed by atoms with E-state index in [1.165, 1.54) is 0 Å². The predicted molar refractivity (Wildman–Crippen MR) is 145 cm³/mol. The van der Waals surface area contributed by atoms with E-state index in [4.69, 9.17) is 0 Å². The highest BCUT2D eigenvalue weighted by atomic mass is 29.9. The smallest absolute Gasteiger partial charge is 0.155 e. The van der Waals surface area contributed by atoms with E-state index in [2.05, 4.69) is 91.7 Å². The molecular weight excluding hydrogens is 449 g/mol. The second-order valence-corrected chi connectivity index (χ2v) is 90.4. The van der Waals surface area contributed by atoms with Crippen molar-refractivity contribution in [3.05, 3.63) is 0 Å². The topological polar surface area (TPSA) is 40.5 Å². The Hall–Kier alpha value is 1.66. The second kappa shape index (κ2) is 8.42. The van der Waals surface area contributed by atoms with E-state index in [9.17, 15) is 9.59 Å². The maximum atomic E-state index is 11.6. The molecule has 2 nitrogen and oxygen atoms in total. The Morgan fingerprint density at radius 2 is 0.577 bits per heavy atom. The molecule has 0 saturated heterocycles. The van der Waals surface area contributed by atoms with Crippen LogP contribution in [0, 0.1) is 0 Å². The zero-order valence-electron chi connectivity index (χ0n) is 20.5. The first-order chi connectivity index (χ1) is 11.0. The van der Waals surface area contributed by atoms with Crippen LogP contribution in [0.4, 0.5) is 0 Å². The Bertz CT molecular complexity index is 399. The molecule has 2 unspecified atom stereocenters. The van der Waals surface area contributed by atoms with Crippen LogP contribution in [-0.2, 0) is 0 Å². The molecule has 0 amide bonds. The summed E-state index contributed by atoms with van der Waals surface area (Å²) in [5, 5.41) is 0. The zero-order valence-corrected chi connectivity index (χ0v) is 28.8. The van der Waals surface area contributed by atoms with Gasteiger partial charge in [-0.2, -0.15) is 0 Å². The van der Waals surface area contributed by atoms with Crippen molar-refractivity contribution in [3.8, 4) is 0 Å². The van der Waals surface area contributed by atoms with E-state index in [1.54, 1.807) is 0 Å². The predicted octanol–water partition coefficient (Wildman–Crippen LogP) is 4.40. The summed E-state index contributed by atoms with van der Waals surface area (Å²) in [6, 6.07) is 2.06. The SMILES string of the molecule is C[Si](C)(C)[Si](C)([SiH](O)CC[SiH](O)[Si](C)([Si](C)(C)C)[Si](C)(C)C)[Si](C)(C)C. The molecule has 0 saturated carbocycles. The Morgan fingerprint density at radius 3 is 0.692 bits per heavy atom. The Morgan fingerprint density at radius 1 is 0.423 bits per heavy atom. The third kappa shape index (κ3) is 5.22. The van der Waals surface area contributed by atoms with Gasteiger partial charge >= 0.3 is 0 Å². The summed E-state index contributed by atoms with van der Waals surface area (Å²) in [6.45, 7) is 32.3. The second-order valence-electron chi connectivity index (χ2n) is 13.0. The summed E-state index contributed by atoms with van der Waals surface area (Å²) in [7, 11) is -8.76. The highest BCUT2D eigenvalue weighted by Gasteiger charge is 2.58. The Labute approximate surface area is 173 Å². The largest absolute Gasteiger partial charge is 0.438 e. The molecule has 158 valence electrons. The third-order valence-electron chi connectivity index (χ3n) is 8.28. The molecule has 0 aromatic rings. The third-order valence-corrected chi connectivity index (χ3v) is 143. The molecule has 0 bridgehead atoms. The van der Waals surface area contributed by atoms with Gasteiger partial charge in [0.1, 0.15) is 0 Å². The van der Waals surface area contributed by atoms with E-state index >= 15 is 0 Å². The van der Waals surface area contributed by atoms with Crippen molar-refractivity contribution in [1.82, 2.24) is 0 Å². The molecule has 2 atom stereocenters. The average molecular weight is 499 g/mol. The fourth-order valence-electron chi connectivity index (χ4n) is 5.14. The van der Waals surface area contributed by atoms with Gasteiger partial charge in [-0.15, -0.1) is 0 Å². The van der Waals surface area contributed by atoms with Crippen LogP contribution in [-0.4, -0.2) is 70.3 Å². The van der Waals surface area contributed by atoms with Crippen LogP contribution in [0.1, 0.15) is 0 Å². The molecule has 0 fully saturated rings. The monoisotopic (exact) mass is 498 g/mol. The van der Waals surface area contributed by atoms with Crippen molar-refractivity contribution in [3.63, 3.8) is 0 Å². The van der Waals surface area contributed by atoms with Crippen LogP contribution in [0.3, 0.4) is 0 Å². The summed E-state index contributed by atoms with van der Waals surface area (Å²) in [5.74, 6) is 0. The van der Waals surface area contributed by atoms with Crippen molar-refractivity contribution in [2.24, 2.45) is 0 Å². The van der Waals surface area contributed by atoms with Crippen molar-refractivity contribution < 1.29 is 9.59 Å². The minimum atomic E-state index is -1.73. The first kappa shape index (κ1) is 27.7. The van der Waals surface area contributed by atoms with Gasteiger partial charge in [0, 0.05) is 30.4 Å². The van der Waals surface area contributed by atoms with Gasteiger partial charge < -0.3 is 9.59 Å². The molecule has 26 heavy (non-hydrogen) atoms. The van der Waals surface area contributed by atoms with Gasteiger partial charge in [-0.3, -0.25) is 0 Å². The molecular formula is C16H50O2Si8. The van der Waals surface area contributed by atoms with Crippen LogP contribution < -0.4 is 0 Å². The summed E-state index contributed by atoms with van der Waals surface area (Å²) >= 11 is 0. The highest BCUT2D eigenvalue weighted by molar-refractivity contribution is 7.86. The molecule has 2 N–H and O–H groups in total. The maximum absolute atomic E-state index is 11.6.